The third-order valence-electron chi connectivity index (χ3n) is 7.26. The molecule has 5 rings (SSSR count). The van der Waals surface area contributed by atoms with Crippen LogP contribution >= 0.6 is 11.6 Å². The Morgan fingerprint density at radius 1 is 1.00 bits per heavy atom. The average molecular weight is 538 g/mol. The number of piperidine rings is 1. The number of hydrogen-bond donors (Lipinski definition) is 0. The Balaban J connectivity index is 1.36. The molecule has 0 aliphatic carbocycles. The minimum Gasteiger partial charge on any atom is -0.495 e. The van der Waals surface area contributed by atoms with Gasteiger partial charge in [-0.05, 0) is 38.0 Å². The number of benzene rings is 2. The molecule has 38 heavy (non-hydrogen) atoms. The highest BCUT2D eigenvalue weighted by atomic mass is 35.5. The first-order valence-corrected chi connectivity index (χ1v) is 13.4. The van der Waals surface area contributed by atoms with E-state index in [1.54, 1.807) is 18.9 Å². The lowest BCUT2D eigenvalue weighted by molar-refractivity contribution is -0.149. The van der Waals surface area contributed by atoms with Crippen molar-refractivity contribution in [2.24, 2.45) is 5.92 Å². The van der Waals surface area contributed by atoms with Crippen LogP contribution in [0.4, 0.5) is 11.5 Å². The first kappa shape index (κ1) is 26.0. The van der Waals surface area contributed by atoms with Gasteiger partial charge in [0.2, 0.25) is 0 Å². The van der Waals surface area contributed by atoms with Crippen molar-refractivity contribution in [3.8, 4) is 5.75 Å². The summed E-state index contributed by atoms with van der Waals surface area (Å²) in [7, 11) is 1.66. The van der Waals surface area contributed by atoms with Crippen molar-refractivity contribution in [2.45, 2.75) is 19.8 Å². The zero-order valence-corrected chi connectivity index (χ0v) is 22.5. The van der Waals surface area contributed by atoms with Crippen LogP contribution in [0.1, 0.15) is 30.3 Å². The van der Waals surface area contributed by atoms with Crippen LogP contribution in [0.25, 0.3) is 10.8 Å². The lowest BCUT2D eigenvalue weighted by Gasteiger charge is -2.37. The normalized spacial score (nSPS) is 18.0. The number of esters is 1. The molecule has 200 valence electrons. The van der Waals surface area contributed by atoms with Crippen molar-refractivity contribution >= 4 is 45.8 Å². The van der Waals surface area contributed by atoms with E-state index in [-0.39, 0.29) is 17.8 Å². The Morgan fingerprint density at radius 2 is 1.74 bits per heavy atom. The lowest BCUT2D eigenvalue weighted by atomic mass is 9.97. The zero-order valence-electron chi connectivity index (χ0n) is 21.7. The van der Waals surface area contributed by atoms with Crippen LogP contribution in [-0.2, 0) is 9.53 Å². The van der Waals surface area contributed by atoms with Gasteiger partial charge in [0.25, 0.3) is 5.91 Å². The largest absolute Gasteiger partial charge is 0.495 e. The molecule has 2 aliphatic heterocycles. The smallest absolute Gasteiger partial charge is 0.310 e. The number of anilines is 2. The van der Waals surface area contributed by atoms with E-state index in [1.807, 2.05) is 42.5 Å². The zero-order chi connectivity index (χ0) is 26.6. The highest BCUT2D eigenvalue weighted by molar-refractivity contribution is 6.31. The highest BCUT2D eigenvalue weighted by Crippen LogP contribution is 2.33. The van der Waals surface area contributed by atoms with Gasteiger partial charge in [0, 0.05) is 55.1 Å². The average Bonchev–Trinajstić information content (AvgIpc) is 2.96. The third kappa shape index (κ3) is 5.20. The molecule has 2 aromatic carbocycles. The van der Waals surface area contributed by atoms with Crippen molar-refractivity contribution in [3.05, 3.63) is 53.2 Å². The molecular formula is C28H32ClN5O4. The van der Waals surface area contributed by atoms with Crippen LogP contribution in [-0.4, -0.2) is 80.0 Å². The number of fused-ring (bicyclic) bond motifs is 1. The van der Waals surface area contributed by atoms with Gasteiger partial charge in [0.1, 0.15) is 5.75 Å². The summed E-state index contributed by atoms with van der Waals surface area (Å²) < 4.78 is 10.7. The first-order chi connectivity index (χ1) is 18.5. The molecule has 10 heteroatoms. The van der Waals surface area contributed by atoms with Crippen molar-refractivity contribution in [3.63, 3.8) is 0 Å². The minimum atomic E-state index is -0.305. The van der Waals surface area contributed by atoms with Crippen LogP contribution in [0.3, 0.4) is 0 Å². The topological polar surface area (TPSA) is 88.1 Å². The fraction of sp³-hybridized carbons (Fsp3) is 0.429. The monoisotopic (exact) mass is 537 g/mol. The number of nitrogens with zero attached hydrogens (tertiary/aromatic N) is 5. The van der Waals surface area contributed by atoms with E-state index in [0.717, 1.165) is 67.0 Å². The summed E-state index contributed by atoms with van der Waals surface area (Å²) in [5.74, 6) is 0.801. The number of halogens is 1. The highest BCUT2D eigenvalue weighted by Gasteiger charge is 2.32. The molecule has 2 saturated heterocycles. The van der Waals surface area contributed by atoms with E-state index in [1.165, 1.54) is 0 Å². The molecule has 1 aromatic heterocycles. The first-order valence-electron chi connectivity index (χ1n) is 13.0. The van der Waals surface area contributed by atoms with Gasteiger partial charge >= 0.3 is 5.97 Å². The van der Waals surface area contributed by atoms with Crippen LogP contribution < -0.4 is 14.5 Å². The predicted molar refractivity (Wildman–Crippen MR) is 147 cm³/mol. The van der Waals surface area contributed by atoms with Crippen molar-refractivity contribution in [2.75, 3.05) is 62.8 Å². The number of aromatic nitrogens is 2. The Bertz CT molecular complexity index is 1330. The molecular weight excluding hydrogens is 506 g/mol. The second-order valence-electron chi connectivity index (χ2n) is 9.55. The molecule has 2 aliphatic rings. The molecule has 0 saturated carbocycles. The van der Waals surface area contributed by atoms with Crippen LogP contribution in [0, 0.1) is 5.92 Å². The maximum absolute atomic E-state index is 13.5. The van der Waals surface area contributed by atoms with Crippen molar-refractivity contribution in [1.82, 2.24) is 15.1 Å². The number of rotatable bonds is 6. The maximum Gasteiger partial charge on any atom is 0.310 e. The summed E-state index contributed by atoms with van der Waals surface area (Å²) in [4.78, 5) is 32.0. The number of amides is 1. The van der Waals surface area contributed by atoms with Gasteiger partial charge in [-0.3, -0.25) is 9.59 Å². The van der Waals surface area contributed by atoms with Crippen LogP contribution in [0.5, 0.6) is 5.75 Å². The van der Waals surface area contributed by atoms with Gasteiger partial charge < -0.3 is 24.2 Å². The molecule has 3 aromatic rings. The number of ether oxygens (including phenoxy) is 2. The SMILES string of the molecule is CCOC(=O)[C@H]1CCCN(C(=O)c2nnc(N3CCN(c4cc(Cl)ccc4OC)CC3)c3ccccc23)C1. The second-order valence-corrected chi connectivity index (χ2v) is 9.99. The Labute approximate surface area is 227 Å². The van der Waals surface area contributed by atoms with E-state index < -0.39 is 0 Å². The maximum atomic E-state index is 13.5. The number of methoxy groups -OCH3 is 1. The van der Waals surface area contributed by atoms with Gasteiger partial charge in [-0.2, -0.15) is 0 Å². The fourth-order valence-corrected chi connectivity index (χ4v) is 5.48. The molecule has 1 atom stereocenters. The Hall–Kier alpha value is -3.59. The summed E-state index contributed by atoms with van der Waals surface area (Å²) >= 11 is 6.25. The summed E-state index contributed by atoms with van der Waals surface area (Å²) in [6.45, 7) is 6.03. The van der Waals surface area contributed by atoms with Gasteiger partial charge in [-0.25, -0.2) is 0 Å². The molecule has 0 unspecified atom stereocenters. The summed E-state index contributed by atoms with van der Waals surface area (Å²) in [5, 5.41) is 11.3. The number of carbonyl (C=O) groups excluding carboxylic acids is 2. The summed E-state index contributed by atoms with van der Waals surface area (Å²) in [6.07, 6.45) is 1.47. The molecule has 2 fully saturated rings. The molecule has 0 spiro atoms. The Morgan fingerprint density at radius 3 is 2.47 bits per heavy atom. The molecule has 0 bridgehead atoms. The predicted octanol–water partition coefficient (Wildman–Crippen LogP) is 4.03. The third-order valence-corrected chi connectivity index (χ3v) is 7.49. The van der Waals surface area contributed by atoms with E-state index in [4.69, 9.17) is 21.1 Å². The van der Waals surface area contributed by atoms with Crippen LogP contribution in [0.2, 0.25) is 5.02 Å². The number of piperazine rings is 1. The van der Waals surface area contributed by atoms with E-state index in [9.17, 15) is 9.59 Å². The molecule has 0 radical (unpaired) electrons. The molecule has 9 nitrogen and oxygen atoms in total. The number of carbonyl (C=O) groups is 2. The van der Waals surface area contributed by atoms with Crippen molar-refractivity contribution < 1.29 is 19.1 Å². The quantitative estimate of drug-likeness (QED) is 0.435. The summed E-state index contributed by atoms with van der Waals surface area (Å²) in [5.41, 5.74) is 1.29. The van der Waals surface area contributed by atoms with Gasteiger partial charge in [-0.15, -0.1) is 10.2 Å². The van der Waals surface area contributed by atoms with Crippen molar-refractivity contribution in [1.29, 1.82) is 0 Å². The standard InChI is InChI=1S/C28H32ClN5O4/c1-3-38-28(36)19-7-6-12-34(18-19)27(35)25-21-8-4-5-9-22(21)26(31-30-25)33-15-13-32(14-16-33)23-17-20(29)10-11-24(23)37-2/h4-5,8-11,17,19H,3,6-7,12-16,18H2,1-2H3/t19-/m0/s1. The summed E-state index contributed by atoms with van der Waals surface area (Å²) in [6, 6.07) is 13.4. The molecule has 1 amide bonds. The Kier molecular flexibility index (Phi) is 7.83. The number of hydrogen-bond acceptors (Lipinski definition) is 8. The van der Waals surface area contributed by atoms with E-state index in [2.05, 4.69) is 20.0 Å². The van der Waals surface area contributed by atoms with E-state index in [0.29, 0.717) is 30.4 Å². The fourth-order valence-electron chi connectivity index (χ4n) is 5.31. The number of likely N-dealkylation sites (tertiary alicyclic amines) is 1. The molecule has 0 N–H and O–H groups in total. The second kappa shape index (κ2) is 11.4. The van der Waals surface area contributed by atoms with Gasteiger partial charge in [0.15, 0.2) is 11.5 Å². The minimum absolute atomic E-state index is 0.202. The van der Waals surface area contributed by atoms with Crippen LogP contribution in [0.15, 0.2) is 42.5 Å². The van der Waals surface area contributed by atoms with E-state index >= 15 is 0 Å². The molecule has 3 heterocycles. The lowest BCUT2D eigenvalue weighted by Crippen LogP contribution is -2.47. The van der Waals surface area contributed by atoms with Gasteiger partial charge in [-0.1, -0.05) is 35.9 Å². The van der Waals surface area contributed by atoms with Gasteiger partial charge in [0.05, 0.1) is 25.3 Å².